The second-order valence-electron chi connectivity index (χ2n) is 10.9. The van der Waals surface area contributed by atoms with Gasteiger partial charge in [0.1, 0.15) is 24.2 Å². The van der Waals surface area contributed by atoms with E-state index in [4.69, 9.17) is 14.2 Å². The van der Waals surface area contributed by atoms with Crippen molar-refractivity contribution in [1.29, 1.82) is 0 Å². The molecule has 0 spiro atoms. The highest BCUT2D eigenvalue weighted by molar-refractivity contribution is 6.46. The number of nitrogens with zero attached hydrogens (tertiary/aromatic N) is 2. The number of carbonyl (C=O) groups excluding carboxylic acids is 2. The first-order chi connectivity index (χ1) is 20.8. The Morgan fingerprint density at radius 3 is 2.47 bits per heavy atom. The van der Waals surface area contributed by atoms with Crippen LogP contribution >= 0.6 is 0 Å². The molecule has 0 saturated carbocycles. The van der Waals surface area contributed by atoms with Crippen molar-refractivity contribution in [2.45, 2.75) is 52.9 Å². The molecule has 0 unspecified atom stereocenters. The van der Waals surface area contributed by atoms with Crippen molar-refractivity contribution in [3.8, 4) is 17.2 Å². The number of ether oxygens (including phenoxy) is 3. The molecule has 43 heavy (non-hydrogen) atoms. The number of aliphatic hydroxyl groups is 1. The molecule has 0 aliphatic carbocycles. The number of benzene rings is 3. The molecule has 2 heterocycles. The highest BCUT2D eigenvalue weighted by Gasteiger charge is 2.46. The first kappa shape index (κ1) is 30.2. The van der Waals surface area contributed by atoms with E-state index >= 15 is 0 Å². The van der Waals surface area contributed by atoms with Crippen LogP contribution in [0.2, 0.25) is 0 Å². The predicted molar refractivity (Wildman–Crippen MR) is 165 cm³/mol. The second-order valence-corrected chi connectivity index (χ2v) is 10.9. The van der Waals surface area contributed by atoms with E-state index in [0.29, 0.717) is 55.4 Å². The third-order valence-electron chi connectivity index (χ3n) is 8.08. The fraction of sp³-hybridized carbons (Fsp3) is 0.371. The molecule has 2 aliphatic heterocycles. The number of fused-ring (bicyclic) bond motifs is 1. The minimum absolute atomic E-state index is 0.0395. The molecule has 1 saturated heterocycles. The number of aliphatic hydroxyl groups excluding tert-OH is 1. The van der Waals surface area contributed by atoms with Gasteiger partial charge < -0.3 is 29.1 Å². The number of rotatable bonds is 12. The molecule has 226 valence electrons. The van der Waals surface area contributed by atoms with E-state index in [-0.39, 0.29) is 17.4 Å². The standard InChI is InChI=1S/C35H40N2O6/c1-5-36(6-2)17-18-37-32(25-13-16-29(30(21-25)41-7-3)42-22-24-11-9-8-10-12-24)31(34(39)35(37)40)33(38)26-14-15-28-27(20-26)19-23(4)43-28/h8-16,20-21,23,32,38H,5-7,17-19,22H2,1-4H3/t23-,32+/m0/s1. The van der Waals surface area contributed by atoms with Crippen LogP contribution in [0.5, 0.6) is 17.2 Å². The average Bonchev–Trinajstić information content (AvgIpc) is 3.52. The summed E-state index contributed by atoms with van der Waals surface area (Å²) in [4.78, 5) is 30.9. The molecule has 5 rings (SSSR count). The zero-order valence-electron chi connectivity index (χ0n) is 25.3. The molecule has 2 aliphatic rings. The number of carbonyl (C=O) groups is 2. The second kappa shape index (κ2) is 13.3. The van der Waals surface area contributed by atoms with Crippen LogP contribution in [-0.4, -0.2) is 65.5 Å². The topological polar surface area (TPSA) is 88.5 Å². The fourth-order valence-electron chi connectivity index (χ4n) is 5.79. The monoisotopic (exact) mass is 584 g/mol. The summed E-state index contributed by atoms with van der Waals surface area (Å²) in [5, 5.41) is 11.6. The van der Waals surface area contributed by atoms with Crippen molar-refractivity contribution in [2.24, 2.45) is 0 Å². The zero-order valence-corrected chi connectivity index (χ0v) is 25.3. The number of amides is 1. The van der Waals surface area contributed by atoms with Crippen LogP contribution in [0.1, 0.15) is 56.0 Å². The number of hydrogen-bond acceptors (Lipinski definition) is 7. The lowest BCUT2D eigenvalue weighted by Gasteiger charge is -2.28. The van der Waals surface area contributed by atoms with Crippen LogP contribution < -0.4 is 14.2 Å². The molecule has 2 atom stereocenters. The first-order valence-electron chi connectivity index (χ1n) is 15.1. The number of hydrogen-bond donors (Lipinski definition) is 1. The highest BCUT2D eigenvalue weighted by atomic mass is 16.5. The van der Waals surface area contributed by atoms with Gasteiger partial charge in [-0.1, -0.05) is 50.2 Å². The van der Waals surface area contributed by atoms with Crippen molar-refractivity contribution in [3.05, 3.63) is 94.6 Å². The SMILES string of the molecule is CCOc1cc([C@@H]2C(=C(O)c3ccc4c(c3)C[C@H](C)O4)C(=O)C(=O)N2CCN(CC)CC)ccc1OCc1ccccc1. The van der Waals surface area contributed by atoms with Crippen LogP contribution in [0.3, 0.4) is 0 Å². The van der Waals surface area contributed by atoms with Gasteiger partial charge in [-0.25, -0.2) is 0 Å². The molecule has 8 heteroatoms. The van der Waals surface area contributed by atoms with E-state index in [0.717, 1.165) is 30.0 Å². The lowest BCUT2D eigenvalue weighted by atomic mass is 9.94. The van der Waals surface area contributed by atoms with Crippen LogP contribution in [0.4, 0.5) is 0 Å². The molecule has 3 aromatic carbocycles. The summed E-state index contributed by atoms with van der Waals surface area (Å²) < 4.78 is 17.9. The van der Waals surface area contributed by atoms with Gasteiger partial charge in [-0.05, 0) is 74.0 Å². The van der Waals surface area contributed by atoms with Crippen molar-refractivity contribution >= 4 is 17.4 Å². The summed E-state index contributed by atoms with van der Waals surface area (Å²) in [6.07, 6.45) is 0.748. The number of likely N-dealkylation sites (N-methyl/N-ethyl adjacent to an activating group) is 1. The Morgan fingerprint density at radius 2 is 1.74 bits per heavy atom. The maximum absolute atomic E-state index is 13.6. The largest absolute Gasteiger partial charge is 0.507 e. The predicted octanol–water partition coefficient (Wildman–Crippen LogP) is 5.75. The lowest BCUT2D eigenvalue weighted by molar-refractivity contribution is -0.140. The molecular weight excluding hydrogens is 544 g/mol. The molecule has 1 N–H and O–H groups in total. The van der Waals surface area contributed by atoms with Crippen LogP contribution in [0.25, 0.3) is 5.76 Å². The first-order valence-corrected chi connectivity index (χ1v) is 15.1. The molecular formula is C35H40N2O6. The third-order valence-corrected chi connectivity index (χ3v) is 8.08. The van der Waals surface area contributed by atoms with Crippen LogP contribution in [0.15, 0.2) is 72.3 Å². The summed E-state index contributed by atoms with van der Waals surface area (Å²) in [6.45, 7) is 11.4. The molecule has 1 fully saturated rings. The summed E-state index contributed by atoms with van der Waals surface area (Å²) in [5.41, 5.74) is 3.19. The Hall–Kier alpha value is -4.30. The van der Waals surface area contributed by atoms with E-state index in [2.05, 4.69) is 18.7 Å². The Balaban J connectivity index is 1.55. The van der Waals surface area contributed by atoms with Gasteiger partial charge >= 0.3 is 0 Å². The Bertz CT molecular complexity index is 1500. The van der Waals surface area contributed by atoms with Crippen molar-refractivity contribution in [1.82, 2.24) is 9.80 Å². The van der Waals surface area contributed by atoms with Gasteiger partial charge in [0.15, 0.2) is 11.5 Å². The van der Waals surface area contributed by atoms with E-state index in [1.807, 2.05) is 74.5 Å². The minimum Gasteiger partial charge on any atom is -0.507 e. The molecule has 8 nitrogen and oxygen atoms in total. The van der Waals surface area contributed by atoms with E-state index in [1.54, 1.807) is 11.0 Å². The molecule has 1 amide bonds. The van der Waals surface area contributed by atoms with Gasteiger partial charge in [0.2, 0.25) is 0 Å². The summed E-state index contributed by atoms with van der Waals surface area (Å²) in [6, 6.07) is 19.9. The van der Waals surface area contributed by atoms with Gasteiger partial charge in [-0.3, -0.25) is 9.59 Å². The van der Waals surface area contributed by atoms with Gasteiger partial charge in [-0.15, -0.1) is 0 Å². The number of ketones is 1. The van der Waals surface area contributed by atoms with E-state index in [1.165, 1.54) is 0 Å². The number of Topliss-reactive ketones (excluding diaryl/α,β-unsaturated/α-hetero) is 1. The highest BCUT2D eigenvalue weighted by Crippen LogP contribution is 2.43. The minimum atomic E-state index is -0.790. The maximum Gasteiger partial charge on any atom is 0.295 e. The van der Waals surface area contributed by atoms with Crippen molar-refractivity contribution < 1.29 is 28.9 Å². The average molecular weight is 585 g/mol. The molecule has 3 aromatic rings. The Labute approximate surface area is 253 Å². The van der Waals surface area contributed by atoms with Crippen LogP contribution in [-0.2, 0) is 22.6 Å². The Morgan fingerprint density at radius 1 is 0.977 bits per heavy atom. The fourth-order valence-corrected chi connectivity index (χ4v) is 5.79. The smallest absolute Gasteiger partial charge is 0.295 e. The summed E-state index contributed by atoms with van der Waals surface area (Å²) >= 11 is 0. The maximum atomic E-state index is 13.6. The van der Waals surface area contributed by atoms with E-state index in [9.17, 15) is 14.7 Å². The quantitative estimate of drug-likeness (QED) is 0.165. The lowest BCUT2D eigenvalue weighted by Crippen LogP contribution is -2.38. The van der Waals surface area contributed by atoms with Crippen molar-refractivity contribution in [3.63, 3.8) is 0 Å². The Kier molecular flexibility index (Phi) is 9.36. The van der Waals surface area contributed by atoms with Gasteiger partial charge in [0, 0.05) is 25.1 Å². The summed E-state index contributed by atoms with van der Waals surface area (Å²) in [5.74, 6) is 0.316. The van der Waals surface area contributed by atoms with Gasteiger partial charge in [0.25, 0.3) is 11.7 Å². The molecule has 0 aromatic heterocycles. The number of likely N-dealkylation sites (tertiary alicyclic amines) is 1. The van der Waals surface area contributed by atoms with E-state index < -0.39 is 17.7 Å². The molecule has 0 bridgehead atoms. The van der Waals surface area contributed by atoms with Gasteiger partial charge in [-0.2, -0.15) is 0 Å². The molecule has 0 radical (unpaired) electrons. The normalized spacial score (nSPS) is 19.0. The third kappa shape index (κ3) is 6.39. The zero-order chi connectivity index (χ0) is 30.5. The van der Waals surface area contributed by atoms with Crippen LogP contribution in [0, 0.1) is 0 Å². The summed E-state index contributed by atoms with van der Waals surface area (Å²) in [7, 11) is 0. The van der Waals surface area contributed by atoms with Gasteiger partial charge in [0.05, 0.1) is 18.2 Å². The van der Waals surface area contributed by atoms with Crippen molar-refractivity contribution in [2.75, 3.05) is 32.8 Å².